The van der Waals surface area contributed by atoms with Crippen molar-refractivity contribution in [2.75, 3.05) is 44.3 Å². The first kappa shape index (κ1) is 26.9. The number of hydrogen-bond acceptors (Lipinski definition) is 6. The van der Waals surface area contributed by atoms with E-state index in [9.17, 15) is 18.0 Å². The number of amides is 1. The molecule has 1 amide bonds. The highest BCUT2D eigenvalue weighted by atomic mass is 19.4. The monoisotopic (exact) mass is 520 g/mol. The van der Waals surface area contributed by atoms with E-state index in [4.69, 9.17) is 11.1 Å². The van der Waals surface area contributed by atoms with Crippen LogP contribution in [0.2, 0.25) is 0 Å². The largest absolute Gasteiger partial charge is 0.416 e. The van der Waals surface area contributed by atoms with Gasteiger partial charge >= 0.3 is 6.18 Å². The third-order valence-corrected chi connectivity index (χ3v) is 6.24. The molecular formula is C28H27F3N6O. The number of nitrogen functional groups attached to an aromatic ring is 1. The van der Waals surface area contributed by atoms with E-state index >= 15 is 0 Å². The van der Waals surface area contributed by atoms with Crippen molar-refractivity contribution in [3.05, 3.63) is 88.1 Å². The second kappa shape index (κ2) is 11.5. The number of anilines is 2. The van der Waals surface area contributed by atoms with Crippen LogP contribution in [0.5, 0.6) is 0 Å². The van der Waals surface area contributed by atoms with Crippen molar-refractivity contribution < 1.29 is 18.0 Å². The summed E-state index contributed by atoms with van der Waals surface area (Å²) in [5, 5.41) is 9.94. The van der Waals surface area contributed by atoms with Gasteiger partial charge in [-0.25, -0.2) is 4.98 Å². The average Bonchev–Trinajstić information content (AvgIpc) is 2.90. The molecule has 4 rings (SSSR count). The summed E-state index contributed by atoms with van der Waals surface area (Å²) in [5.41, 5.74) is 6.95. The Balaban J connectivity index is 1.50. The molecule has 0 unspecified atom stereocenters. The number of hydrogen-bond donors (Lipinski definition) is 3. The van der Waals surface area contributed by atoms with Gasteiger partial charge in [-0.1, -0.05) is 24.0 Å². The number of pyridine rings is 1. The van der Waals surface area contributed by atoms with Crippen LogP contribution in [0.15, 0.2) is 54.7 Å². The van der Waals surface area contributed by atoms with Gasteiger partial charge in [0.2, 0.25) is 0 Å². The molecular weight excluding hydrogens is 493 g/mol. The van der Waals surface area contributed by atoms with Crippen molar-refractivity contribution >= 4 is 23.6 Å². The standard InChI is InChI=1S/C28H27F3N6O/c1-36-9-11-37(12-10-36)18-22-7-8-24(15-25(22)28(29,30)31)35-27(38)21-4-2-3-19(13-21)5-6-20-14-23(16-32)26(33)34-17-20/h2-4,7-8,13-17,32H,9-12,18H2,1H3,(H2,33,34)(H,35,38). The second-order valence-corrected chi connectivity index (χ2v) is 9.08. The van der Waals surface area contributed by atoms with Gasteiger partial charge < -0.3 is 21.4 Å². The van der Waals surface area contributed by atoms with E-state index in [1.165, 1.54) is 18.3 Å². The number of nitrogens with zero attached hydrogens (tertiary/aromatic N) is 3. The Morgan fingerprint density at radius 2 is 1.84 bits per heavy atom. The van der Waals surface area contributed by atoms with Crippen molar-refractivity contribution in [3.63, 3.8) is 0 Å². The molecule has 0 spiro atoms. The molecule has 7 nitrogen and oxygen atoms in total. The molecule has 0 saturated carbocycles. The van der Waals surface area contributed by atoms with Crippen molar-refractivity contribution in [1.82, 2.24) is 14.8 Å². The summed E-state index contributed by atoms with van der Waals surface area (Å²) in [6.07, 6.45) is -1.98. The summed E-state index contributed by atoms with van der Waals surface area (Å²) in [6, 6.07) is 12.0. The lowest BCUT2D eigenvalue weighted by molar-refractivity contribution is -0.138. The number of nitrogens with one attached hydrogen (secondary N) is 2. The van der Waals surface area contributed by atoms with E-state index < -0.39 is 17.6 Å². The Morgan fingerprint density at radius 3 is 2.55 bits per heavy atom. The number of halogens is 3. The summed E-state index contributed by atoms with van der Waals surface area (Å²) >= 11 is 0. The number of carbonyl (C=O) groups is 1. The molecule has 196 valence electrons. The maximum atomic E-state index is 13.9. The highest BCUT2D eigenvalue weighted by molar-refractivity contribution is 6.04. The van der Waals surface area contributed by atoms with Crippen molar-refractivity contribution in [1.29, 1.82) is 5.41 Å². The van der Waals surface area contributed by atoms with Gasteiger partial charge in [0.1, 0.15) is 5.82 Å². The van der Waals surface area contributed by atoms with Crippen molar-refractivity contribution in [2.45, 2.75) is 12.7 Å². The lowest BCUT2D eigenvalue weighted by Crippen LogP contribution is -2.44. The SMILES string of the molecule is CN1CCN(Cc2ccc(NC(=O)c3cccc(C#Cc4cnc(N)c(C=N)c4)c3)cc2C(F)(F)F)CC1. The lowest BCUT2D eigenvalue weighted by atomic mass is 10.0. The summed E-state index contributed by atoms with van der Waals surface area (Å²) in [7, 11) is 1.99. The van der Waals surface area contributed by atoms with Gasteiger partial charge in [-0.15, -0.1) is 0 Å². The lowest BCUT2D eigenvalue weighted by Gasteiger charge is -2.33. The number of rotatable bonds is 5. The normalized spacial score (nSPS) is 14.4. The minimum Gasteiger partial charge on any atom is -0.383 e. The molecule has 1 aliphatic heterocycles. The van der Waals surface area contributed by atoms with Gasteiger partial charge in [0, 0.05) is 73.1 Å². The molecule has 38 heavy (non-hydrogen) atoms. The molecule has 1 fully saturated rings. The van der Waals surface area contributed by atoms with Crippen LogP contribution in [-0.4, -0.2) is 60.1 Å². The Morgan fingerprint density at radius 1 is 1.11 bits per heavy atom. The molecule has 4 N–H and O–H groups in total. The minimum atomic E-state index is -4.55. The van der Waals surface area contributed by atoms with Gasteiger partial charge in [-0.3, -0.25) is 9.69 Å². The first-order valence-electron chi connectivity index (χ1n) is 11.9. The highest BCUT2D eigenvalue weighted by Crippen LogP contribution is 2.34. The van der Waals surface area contributed by atoms with Gasteiger partial charge in [-0.05, 0) is 49.0 Å². The number of benzene rings is 2. The predicted octanol–water partition coefficient (Wildman–Crippen LogP) is 4.08. The number of likely N-dealkylation sites (N-methyl/N-ethyl adjacent to an activating group) is 1. The number of piperazine rings is 1. The molecule has 1 aliphatic rings. The fourth-order valence-electron chi connectivity index (χ4n) is 4.06. The van der Waals surface area contributed by atoms with E-state index in [0.29, 0.717) is 29.8 Å². The van der Waals surface area contributed by atoms with E-state index in [1.54, 1.807) is 30.3 Å². The Kier molecular flexibility index (Phi) is 8.10. The van der Waals surface area contributed by atoms with Gasteiger partial charge in [-0.2, -0.15) is 13.2 Å². The zero-order chi connectivity index (χ0) is 27.3. The van der Waals surface area contributed by atoms with Crippen LogP contribution in [0.1, 0.15) is 38.2 Å². The molecule has 1 saturated heterocycles. The van der Waals surface area contributed by atoms with Crippen LogP contribution in [0.4, 0.5) is 24.7 Å². The molecule has 2 aromatic carbocycles. The van der Waals surface area contributed by atoms with Crippen molar-refractivity contribution in [3.8, 4) is 11.8 Å². The Hall–Kier alpha value is -4.20. The fourth-order valence-corrected chi connectivity index (χ4v) is 4.06. The Bertz CT molecular complexity index is 1400. The highest BCUT2D eigenvalue weighted by Gasteiger charge is 2.34. The minimum absolute atomic E-state index is 0.0630. The smallest absolute Gasteiger partial charge is 0.383 e. The molecule has 0 aliphatic carbocycles. The van der Waals surface area contributed by atoms with Gasteiger partial charge in [0.15, 0.2) is 0 Å². The predicted molar refractivity (Wildman–Crippen MR) is 141 cm³/mol. The maximum absolute atomic E-state index is 13.9. The average molecular weight is 521 g/mol. The van der Waals surface area contributed by atoms with E-state index in [-0.39, 0.29) is 29.2 Å². The summed E-state index contributed by atoms with van der Waals surface area (Å²) < 4.78 is 41.6. The topological polar surface area (TPSA) is 98.3 Å². The molecule has 0 radical (unpaired) electrons. The number of carbonyl (C=O) groups excluding carboxylic acids is 1. The number of nitrogens with two attached hydrogens (primary N) is 1. The van der Waals surface area contributed by atoms with Crippen LogP contribution in [0.3, 0.4) is 0 Å². The zero-order valence-electron chi connectivity index (χ0n) is 20.8. The van der Waals surface area contributed by atoms with Crippen LogP contribution in [-0.2, 0) is 12.7 Å². The summed E-state index contributed by atoms with van der Waals surface area (Å²) in [5.74, 6) is 5.52. The van der Waals surface area contributed by atoms with E-state index in [0.717, 1.165) is 25.4 Å². The van der Waals surface area contributed by atoms with E-state index in [2.05, 4.69) is 27.0 Å². The van der Waals surface area contributed by atoms with Gasteiger partial charge in [0.25, 0.3) is 5.91 Å². The molecule has 3 aromatic rings. The first-order chi connectivity index (χ1) is 18.1. The summed E-state index contributed by atoms with van der Waals surface area (Å²) in [4.78, 5) is 21.0. The van der Waals surface area contributed by atoms with Crippen molar-refractivity contribution in [2.24, 2.45) is 0 Å². The van der Waals surface area contributed by atoms with E-state index in [1.807, 2.05) is 11.9 Å². The molecule has 0 atom stereocenters. The first-order valence-corrected chi connectivity index (χ1v) is 11.9. The van der Waals surface area contributed by atoms with Crippen LogP contribution in [0, 0.1) is 17.3 Å². The van der Waals surface area contributed by atoms with Crippen LogP contribution >= 0.6 is 0 Å². The maximum Gasteiger partial charge on any atom is 0.416 e. The van der Waals surface area contributed by atoms with Crippen LogP contribution in [0.25, 0.3) is 0 Å². The summed E-state index contributed by atoms with van der Waals surface area (Å²) in [6.45, 7) is 3.21. The third kappa shape index (κ3) is 6.76. The molecule has 1 aromatic heterocycles. The van der Waals surface area contributed by atoms with Crippen LogP contribution < -0.4 is 11.1 Å². The quantitative estimate of drug-likeness (QED) is 0.348. The third-order valence-electron chi connectivity index (χ3n) is 6.24. The second-order valence-electron chi connectivity index (χ2n) is 9.08. The molecule has 2 heterocycles. The number of alkyl halides is 3. The fraction of sp³-hybridized carbons (Fsp3) is 0.250. The molecule has 10 heteroatoms. The Labute approximate surface area is 219 Å². The zero-order valence-corrected chi connectivity index (χ0v) is 20.8. The number of aromatic nitrogens is 1. The molecule has 0 bridgehead atoms. The van der Waals surface area contributed by atoms with Gasteiger partial charge in [0.05, 0.1) is 5.56 Å².